The molecule has 0 saturated heterocycles. The van der Waals surface area contributed by atoms with E-state index in [1.165, 1.54) is 0 Å². The van der Waals surface area contributed by atoms with Gasteiger partial charge in [-0.2, -0.15) is 5.26 Å². The van der Waals surface area contributed by atoms with Crippen LogP contribution in [0.5, 0.6) is 0 Å². The molecule has 1 N–H and O–H groups in total. The van der Waals surface area contributed by atoms with Gasteiger partial charge in [-0.15, -0.1) is 0 Å². The topological polar surface area (TPSA) is 53.6 Å². The Labute approximate surface area is 104 Å². The Morgan fingerprint density at radius 1 is 1.47 bits per heavy atom. The first-order chi connectivity index (χ1) is 8.22. The van der Waals surface area contributed by atoms with Gasteiger partial charge in [0.15, 0.2) is 0 Å². The second-order valence-corrected chi connectivity index (χ2v) is 3.95. The average Bonchev–Trinajstić information content (AvgIpc) is 2.68. The Balaban J connectivity index is 2.13. The van der Waals surface area contributed by atoms with E-state index in [2.05, 4.69) is 16.4 Å². The fourth-order valence-electron chi connectivity index (χ4n) is 1.50. The molecule has 0 spiro atoms. The molecular weight excluding hydrogens is 236 g/mol. The Morgan fingerprint density at radius 2 is 2.24 bits per heavy atom. The summed E-state index contributed by atoms with van der Waals surface area (Å²) < 4.78 is 1.80. The number of nitrogens with one attached hydrogen (secondary N) is 1. The van der Waals surface area contributed by atoms with E-state index in [4.69, 9.17) is 16.9 Å². The van der Waals surface area contributed by atoms with E-state index in [1.54, 1.807) is 16.8 Å². The van der Waals surface area contributed by atoms with Crippen LogP contribution in [0.15, 0.2) is 30.5 Å². The molecule has 2 aromatic rings. The van der Waals surface area contributed by atoms with Gasteiger partial charge >= 0.3 is 0 Å². The van der Waals surface area contributed by atoms with Gasteiger partial charge in [0.25, 0.3) is 0 Å². The molecule has 1 aromatic heterocycles. The van der Waals surface area contributed by atoms with Crippen LogP contribution in [-0.2, 0) is 13.6 Å². The third-order valence-electron chi connectivity index (χ3n) is 2.51. The standard InChI is InChI=1S/C12H11ClN4/c1-17-11(13)7-16-12(17)8-15-10-5-3-2-4-9(10)6-14/h2-5,7,15H,8H2,1H3. The number of rotatable bonds is 3. The van der Waals surface area contributed by atoms with E-state index in [9.17, 15) is 0 Å². The van der Waals surface area contributed by atoms with E-state index < -0.39 is 0 Å². The smallest absolute Gasteiger partial charge is 0.128 e. The third-order valence-corrected chi connectivity index (χ3v) is 2.86. The number of aromatic nitrogens is 2. The fourth-order valence-corrected chi connectivity index (χ4v) is 1.64. The molecule has 4 nitrogen and oxygen atoms in total. The highest BCUT2D eigenvalue weighted by Crippen LogP contribution is 2.15. The summed E-state index contributed by atoms with van der Waals surface area (Å²) in [6, 6.07) is 9.49. The van der Waals surface area contributed by atoms with Gasteiger partial charge in [0.2, 0.25) is 0 Å². The summed E-state index contributed by atoms with van der Waals surface area (Å²) in [5.41, 5.74) is 1.42. The minimum atomic E-state index is 0.530. The fraction of sp³-hybridized carbons (Fsp3) is 0.167. The number of para-hydroxylation sites is 1. The van der Waals surface area contributed by atoms with Crippen molar-refractivity contribution < 1.29 is 0 Å². The lowest BCUT2D eigenvalue weighted by atomic mass is 10.2. The molecule has 0 unspecified atom stereocenters. The minimum absolute atomic E-state index is 0.530. The van der Waals surface area contributed by atoms with Crippen LogP contribution in [0, 0.1) is 11.3 Å². The summed E-state index contributed by atoms with van der Waals surface area (Å²) in [5, 5.41) is 12.7. The maximum absolute atomic E-state index is 8.94. The molecule has 0 aliphatic heterocycles. The molecule has 0 aliphatic rings. The van der Waals surface area contributed by atoms with E-state index >= 15 is 0 Å². The Morgan fingerprint density at radius 3 is 2.88 bits per heavy atom. The van der Waals surface area contributed by atoms with Crippen LogP contribution in [0.3, 0.4) is 0 Å². The molecule has 1 heterocycles. The molecule has 0 radical (unpaired) electrons. The van der Waals surface area contributed by atoms with Gasteiger partial charge in [0, 0.05) is 7.05 Å². The van der Waals surface area contributed by atoms with Gasteiger partial charge in [0.1, 0.15) is 17.0 Å². The summed E-state index contributed by atoms with van der Waals surface area (Å²) in [6.07, 6.45) is 1.61. The predicted octanol–water partition coefficient (Wildman–Crippen LogP) is 2.56. The van der Waals surface area contributed by atoms with E-state index in [-0.39, 0.29) is 0 Å². The van der Waals surface area contributed by atoms with Gasteiger partial charge in [0.05, 0.1) is 24.0 Å². The molecule has 0 aliphatic carbocycles. The molecule has 1 aromatic carbocycles. The largest absolute Gasteiger partial charge is 0.377 e. The Bertz CT molecular complexity index is 568. The Hall–Kier alpha value is -1.99. The number of imidazole rings is 1. The average molecular weight is 247 g/mol. The second-order valence-electron chi connectivity index (χ2n) is 3.57. The highest BCUT2D eigenvalue weighted by atomic mass is 35.5. The van der Waals surface area contributed by atoms with Crippen molar-refractivity contribution in [3.05, 3.63) is 47.0 Å². The van der Waals surface area contributed by atoms with Crippen LogP contribution in [0.4, 0.5) is 5.69 Å². The van der Waals surface area contributed by atoms with E-state index in [1.807, 2.05) is 25.2 Å². The van der Waals surface area contributed by atoms with E-state index in [0.29, 0.717) is 17.3 Å². The number of anilines is 1. The first kappa shape index (κ1) is 11.5. The van der Waals surface area contributed by atoms with Crippen LogP contribution < -0.4 is 5.32 Å². The molecule has 0 fully saturated rings. The third kappa shape index (κ3) is 2.40. The zero-order valence-electron chi connectivity index (χ0n) is 9.31. The maximum atomic E-state index is 8.94. The predicted molar refractivity (Wildman–Crippen MR) is 66.7 cm³/mol. The first-order valence-electron chi connectivity index (χ1n) is 5.11. The van der Waals surface area contributed by atoms with Gasteiger partial charge < -0.3 is 9.88 Å². The number of halogens is 1. The minimum Gasteiger partial charge on any atom is -0.377 e. The van der Waals surface area contributed by atoms with Crippen molar-refractivity contribution in [2.45, 2.75) is 6.54 Å². The van der Waals surface area contributed by atoms with Gasteiger partial charge in [-0.05, 0) is 12.1 Å². The van der Waals surface area contributed by atoms with Crippen LogP contribution in [0.25, 0.3) is 0 Å². The molecule has 86 valence electrons. The lowest BCUT2D eigenvalue weighted by molar-refractivity contribution is 0.813. The number of nitrogens with zero attached hydrogens (tertiary/aromatic N) is 3. The second kappa shape index (κ2) is 4.89. The molecule has 0 atom stereocenters. The molecule has 5 heteroatoms. The van der Waals surface area contributed by atoms with Crippen molar-refractivity contribution >= 4 is 17.3 Å². The molecule has 17 heavy (non-hydrogen) atoms. The summed E-state index contributed by atoms with van der Waals surface area (Å²) in [7, 11) is 1.85. The van der Waals surface area contributed by atoms with Crippen LogP contribution in [0.1, 0.15) is 11.4 Å². The van der Waals surface area contributed by atoms with Crippen molar-refractivity contribution in [1.29, 1.82) is 5.26 Å². The van der Waals surface area contributed by atoms with Crippen molar-refractivity contribution in [2.24, 2.45) is 7.05 Å². The number of benzene rings is 1. The van der Waals surface area contributed by atoms with Crippen molar-refractivity contribution in [1.82, 2.24) is 9.55 Å². The Kier molecular flexibility index (Phi) is 3.31. The van der Waals surface area contributed by atoms with Crippen molar-refractivity contribution in [2.75, 3.05) is 5.32 Å². The summed E-state index contributed by atoms with van der Waals surface area (Å²) in [6.45, 7) is 0.530. The SMILES string of the molecule is Cn1c(Cl)cnc1CNc1ccccc1C#N. The quantitative estimate of drug-likeness (QED) is 0.906. The van der Waals surface area contributed by atoms with Gasteiger partial charge in [-0.25, -0.2) is 4.98 Å². The molecule has 2 rings (SSSR count). The first-order valence-corrected chi connectivity index (χ1v) is 5.49. The number of hydrogen-bond acceptors (Lipinski definition) is 3. The maximum Gasteiger partial charge on any atom is 0.128 e. The molecular formula is C12H11ClN4. The molecule has 0 bridgehead atoms. The number of hydrogen-bond donors (Lipinski definition) is 1. The normalized spacial score (nSPS) is 9.94. The van der Waals surface area contributed by atoms with Crippen LogP contribution in [0.2, 0.25) is 5.15 Å². The number of nitriles is 1. The van der Waals surface area contributed by atoms with Crippen molar-refractivity contribution in [3.8, 4) is 6.07 Å². The van der Waals surface area contributed by atoms with Gasteiger partial charge in [-0.1, -0.05) is 23.7 Å². The van der Waals surface area contributed by atoms with Crippen LogP contribution >= 0.6 is 11.6 Å². The lowest BCUT2D eigenvalue weighted by Crippen LogP contribution is -2.06. The molecule has 0 amide bonds. The van der Waals surface area contributed by atoms with Gasteiger partial charge in [-0.3, -0.25) is 0 Å². The van der Waals surface area contributed by atoms with Crippen molar-refractivity contribution in [3.63, 3.8) is 0 Å². The monoisotopic (exact) mass is 246 g/mol. The highest BCUT2D eigenvalue weighted by Gasteiger charge is 2.05. The summed E-state index contributed by atoms with van der Waals surface area (Å²) in [5.74, 6) is 0.822. The summed E-state index contributed by atoms with van der Waals surface area (Å²) in [4.78, 5) is 4.17. The zero-order valence-corrected chi connectivity index (χ0v) is 10.1. The lowest BCUT2D eigenvalue weighted by Gasteiger charge is -2.07. The van der Waals surface area contributed by atoms with Crippen LogP contribution in [-0.4, -0.2) is 9.55 Å². The highest BCUT2D eigenvalue weighted by molar-refractivity contribution is 6.29. The zero-order chi connectivity index (χ0) is 12.3. The van der Waals surface area contributed by atoms with E-state index in [0.717, 1.165) is 11.5 Å². The molecule has 0 saturated carbocycles. The summed E-state index contributed by atoms with van der Waals surface area (Å²) >= 11 is 5.89.